The zero-order valence-electron chi connectivity index (χ0n) is 13.1. The summed E-state index contributed by atoms with van der Waals surface area (Å²) < 4.78 is 10.9. The molecule has 19 heavy (non-hydrogen) atoms. The molecule has 0 fully saturated rings. The molecule has 0 aliphatic rings. The second-order valence-electron chi connectivity index (χ2n) is 5.70. The highest BCUT2D eigenvalue weighted by molar-refractivity contribution is 5.51. The number of hydrogen-bond acceptors (Lipinski definition) is 4. The van der Waals surface area contributed by atoms with E-state index in [0.717, 1.165) is 22.6 Å². The molecule has 1 aromatic carbocycles. The van der Waals surface area contributed by atoms with Crippen LogP contribution in [0.4, 0.5) is 0 Å². The summed E-state index contributed by atoms with van der Waals surface area (Å²) in [5.74, 6) is 1.67. The minimum atomic E-state index is -0.377. The molecule has 108 valence electrons. The molecule has 0 aliphatic heterocycles. The van der Waals surface area contributed by atoms with Crippen molar-refractivity contribution in [2.45, 2.75) is 32.4 Å². The summed E-state index contributed by atoms with van der Waals surface area (Å²) in [5.41, 5.74) is 8.03. The topological polar surface area (TPSA) is 47.7 Å². The van der Waals surface area contributed by atoms with Gasteiger partial charge < -0.3 is 20.1 Å². The molecule has 4 heteroatoms. The zero-order chi connectivity index (χ0) is 14.8. The van der Waals surface area contributed by atoms with Gasteiger partial charge in [-0.05, 0) is 47.0 Å². The predicted molar refractivity (Wildman–Crippen MR) is 79.0 cm³/mol. The van der Waals surface area contributed by atoms with Crippen LogP contribution in [0.15, 0.2) is 12.1 Å². The fraction of sp³-hybridized carbons (Fsp3) is 0.600. The first-order chi connectivity index (χ1) is 8.73. The Morgan fingerprint density at radius 1 is 1.16 bits per heavy atom. The Balaban J connectivity index is 3.44. The van der Waals surface area contributed by atoms with E-state index in [4.69, 9.17) is 15.2 Å². The summed E-state index contributed by atoms with van der Waals surface area (Å²) in [7, 11) is 7.40. The van der Waals surface area contributed by atoms with Gasteiger partial charge in [-0.1, -0.05) is 0 Å². The Bertz CT molecular complexity index is 437. The number of nitrogens with zero attached hydrogens (tertiary/aromatic N) is 1. The molecule has 1 aromatic rings. The molecule has 0 saturated carbocycles. The largest absolute Gasteiger partial charge is 0.496 e. The summed E-state index contributed by atoms with van der Waals surface area (Å²) in [5, 5.41) is 0. The van der Waals surface area contributed by atoms with Crippen molar-refractivity contribution >= 4 is 0 Å². The van der Waals surface area contributed by atoms with Gasteiger partial charge in [-0.15, -0.1) is 0 Å². The first-order valence-corrected chi connectivity index (χ1v) is 6.40. The lowest BCUT2D eigenvalue weighted by molar-refractivity contribution is 0.199. The highest BCUT2D eigenvalue weighted by Gasteiger charge is 2.32. The number of rotatable bonds is 5. The third-order valence-electron chi connectivity index (χ3n) is 3.33. The van der Waals surface area contributed by atoms with E-state index in [0.29, 0.717) is 0 Å². The van der Waals surface area contributed by atoms with Crippen LogP contribution >= 0.6 is 0 Å². The second kappa shape index (κ2) is 5.80. The van der Waals surface area contributed by atoms with Gasteiger partial charge in [0.1, 0.15) is 11.5 Å². The van der Waals surface area contributed by atoms with Crippen LogP contribution in [-0.4, -0.2) is 38.8 Å². The lowest BCUT2D eigenvalue weighted by atomic mass is 9.87. The van der Waals surface area contributed by atoms with E-state index in [9.17, 15) is 0 Å². The summed E-state index contributed by atoms with van der Waals surface area (Å²) in [6.45, 7) is 6.05. The van der Waals surface area contributed by atoms with Gasteiger partial charge in [0.25, 0.3) is 0 Å². The SMILES string of the molecule is COc1ccc(C(N(C)C)C(C)(C)N)c(OC)c1C. The van der Waals surface area contributed by atoms with Gasteiger partial charge in [-0.25, -0.2) is 0 Å². The molecule has 1 unspecified atom stereocenters. The number of likely N-dealkylation sites (N-methyl/N-ethyl adjacent to an activating group) is 1. The van der Waals surface area contributed by atoms with E-state index in [2.05, 4.69) is 4.90 Å². The maximum atomic E-state index is 6.33. The summed E-state index contributed by atoms with van der Waals surface area (Å²) in [4.78, 5) is 2.11. The van der Waals surface area contributed by atoms with Crippen LogP contribution in [-0.2, 0) is 0 Å². The molecular formula is C15H26N2O2. The summed E-state index contributed by atoms with van der Waals surface area (Å²) in [6, 6.07) is 4.06. The highest BCUT2D eigenvalue weighted by atomic mass is 16.5. The average Bonchev–Trinajstić information content (AvgIpc) is 2.27. The smallest absolute Gasteiger partial charge is 0.130 e. The molecular weight excluding hydrogens is 240 g/mol. The quantitative estimate of drug-likeness (QED) is 0.888. The fourth-order valence-electron chi connectivity index (χ4n) is 2.75. The Hall–Kier alpha value is -1.26. The normalized spacial score (nSPS) is 13.5. The highest BCUT2D eigenvalue weighted by Crippen LogP contribution is 2.39. The lowest BCUT2D eigenvalue weighted by Gasteiger charge is -2.37. The molecule has 2 N–H and O–H groups in total. The predicted octanol–water partition coefficient (Wildman–Crippen LogP) is 2.35. The van der Waals surface area contributed by atoms with Gasteiger partial charge in [0.05, 0.1) is 20.3 Å². The molecule has 0 radical (unpaired) electrons. The standard InChI is InChI=1S/C15H26N2O2/c1-10-12(18-6)9-8-11(13(10)19-7)14(17(4)5)15(2,3)16/h8-9,14H,16H2,1-7H3. The Labute approximate surface area is 116 Å². The van der Waals surface area contributed by atoms with Crippen molar-refractivity contribution in [1.29, 1.82) is 0 Å². The molecule has 0 spiro atoms. The summed E-state index contributed by atoms with van der Waals surface area (Å²) in [6.07, 6.45) is 0. The number of methoxy groups -OCH3 is 2. The van der Waals surface area contributed by atoms with Crippen LogP contribution in [0, 0.1) is 6.92 Å². The van der Waals surface area contributed by atoms with Crippen molar-refractivity contribution in [3.05, 3.63) is 23.3 Å². The van der Waals surface area contributed by atoms with E-state index in [1.54, 1.807) is 14.2 Å². The van der Waals surface area contributed by atoms with Crippen molar-refractivity contribution in [2.24, 2.45) is 5.73 Å². The monoisotopic (exact) mass is 266 g/mol. The molecule has 0 aliphatic carbocycles. The van der Waals surface area contributed by atoms with Gasteiger partial charge in [-0.3, -0.25) is 0 Å². The lowest BCUT2D eigenvalue weighted by Crippen LogP contribution is -2.46. The minimum absolute atomic E-state index is 0.0621. The van der Waals surface area contributed by atoms with E-state index >= 15 is 0 Å². The number of ether oxygens (including phenoxy) is 2. The van der Waals surface area contributed by atoms with Crippen molar-refractivity contribution in [3.8, 4) is 11.5 Å². The number of hydrogen-bond donors (Lipinski definition) is 1. The van der Waals surface area contributed by atoms with E-state index in [1.807, 2.05) is 47.0 Å². The van der Waals surface area contributed by atoms with Crippen molar-refractivity contribution in [3.63, 3.8) is 0 Å². The van der Waals surface area contributed by atoms with Gasteiger partial charge in [-0.2, -0.15) is 0 Å². The van der Waals surface area contributed by atoms with Crippen LogP contribution in [0.2, 0.25) is 0 Å². The maximum absolute atomic E-state index is 6.33. The Morgan fingerprint density at radius 2 is 1.74 bits per heavy atom. The molecule has 1 rings (SSSR count). The third-order valence-corrected chi connectivity index (χ3v) is 3.33. The molecule has 0 bridgehead atoms. The van der Waals surface area contributed by atoms with Crippen LogP contribution in [0.1, 0.15) is 31.0 Å². The molecule has 1 atom stereocenters. The fourth-order valence-corrected chi connectivity index (χ4v) is 2.75. The Kier molecular flexibility index (Phi) is 4.82. The second-order valence-corrected chi connectivity index (χ2v) is 5.70. The van der Waals surface area contributed by atoms with Gasteiger partial charge in [0.15, 0.2) is 0 Å². The van der Waals surface area contributed by atoms with E-state index < -0.39 is 0 Å². The van der Waals surface area contributed by atoms with Crippen LogP contribution in [0.25, 0.3) is 0 Å². The molecule has 0 heterocycles. The zero-order valence-corrected chi connectivity index (χ0v) is 13.1. The number of benzene rings is 1. The molecule has 4 nitrogen and oxygen atoms in total. The third kappa shape index (κ3) is 3.19. The summed E-state index contributed by atoms with van der Waals surface area (Å²) >= 11 is 0. The van der Waals surface area contributed by atoms with Gasteiger partial charge >= 0.3 is 0 Å². The van der Waals surface area contributed by atoms with Crippen molar-refractivity contribution in [1.82, 2.24) is 4.90 Å². The van der Waals surface area contributed by atoms with Crippen molar-refractivity contribution < 1.29 is 9.47 Å². The minimum Gasteiger partial charge on any atom is -0.496 e. The Morgan fingerprint density at radius 3 is 2.11 bits per heavy atom. The van der Waals surface area contributed by atoms with E-state index in [-0.39, 0.29) is 11.6 Å². The van der Waals surface area contributed by atoms with Crippen LogP contribution in [0.5, 0.6) is 11.5 Å². The first-order valence-electron chi connectivity index (χ1n) is 6.40. The first kappa shape index (κ1) is 15.8. The maximum Gasteiger partial charge on any atom is 0.130 e. The van der Waals surface area contributed by atoms with Gasteiger partial charge in [0.2, 0.25) is 0 Å². The molecule has 0 aromatic heterocycles. The van der Waals surface area contributed by atoms with Crippen LogP contribution in [0.3, 0.4) is 0 Å². The van der Waals surface area contributed by atoms with Crippen molar-refractivity contribution in [2.75, 3.05) is 28.3 Å². The van der Waals surface area contributed by atoms with Crippen LogP contribution < -0.4 is 15.2 Å². The molecule has 0 saturated heterocycles. The average molecular weight is 266 g/mol. The van der Waals surface area contributed by atoms with E-state index in [1.165, 1.54) is 0 Å². The number of nitrogens with two attached hydrogens (primary N) is 1. The van der Waals surface area contributed by atoms with Gasteiger partial charge in [0, 0.05) is 16.7 Å². The molecule has 0 amide bonds.